The van der Waals surface area contributed by atoms with E-state index in [1.165, 1.54) is 22.1 Å². The van der Waals surface area contributed by atoms with Gasteiger partial charge in [0.05, 0.1) is 29.7 Å². The number of alkyl halides is 3. The summed E-state index contributed by atoms with van der Waals surface area (Å²) in [6.45, 7) is 20.6. The lowest BCUT2D eigenvalue weighted by Crippen LogP contribution is -2.41. The average molecular weight is 829 g/mol. The van der Waals surface area contributed by atoms with Gasteiger partial charge in [-0.3, -0.25) is 4.79 Å². The van der Waals surface area contributed by atoms with Gasteiger partial charge in [-0.15, -0.1) is 0 Å². The molecular formula is C42H60BF3N4O7Si. The largest absolute Gasteiger partial charge is 0.491 e. The van der Waals surface area contributed by atoms with Gasteiger partial charge in [-0.1, -0.05) is 31.8 Å². The summed E-state index contributed by atoms with van der Waals surface area (Å²) in [5.41, 5.74) is -0.512. The van der Waals surface area contributed by atoms with Gasteiger partial charge < -0.3 is 37.9 Å². The number of hydrogen-bond acceptors (Lipinski definition) is 8. The van der Waals surface area contributed by atoms with Crippen LogP contribution in [0.25, 0.3) is 16.5 Å². The first kappa shape index (κ1) is 46.6. The van der Waals surface area contributed by atoms with Crippen LogP contribution in [0.2, 0.25) is 25.7 Å². The summed E-state index contributed by atoms with van der Waals surface area (Å²) in [6.07, 6.45) is -0.131. The third-order valence-electron chi connectivity index (χ3n) is 9.85. The van der Waals surface area contributed by atoms with Crippen molar-refractivity contribution in [3.63, 3.8) is 0 Å². The van der Waals surface area contributed by atoms with E-state index in [0.717, 1.165) is 16.9 Å². The highest BCUT2D eigenvalue weighted by molar-refractivity contribution is 6.76. The molecule has 1 fully saturated rings. The number of carbonyl (C=O) groups excluding carboxylic acids is 2. The zero-order valence-corrected chi connectivity index (χ0v) is 37.1. The van der Waals surface area contributed by atoms with Gasteiger partial charge >= 0.3 is 19.4 Å². The van der Waals surface area contributed by atoms with Crippen LogP contribution < -0.4 is 4.74 Å². The van der Waals surface area contributed by atoms with E-state index in [1.54, 1.807) is 86.8 Å². The van der Waals surface area contributed by atoms with Crippen molar-refractivity contribution in [2.24, 2.45) is 0 Å². The third kappa shape index (κ3) is 13.2. The number of likely N-dealkylation sites (N-methyl/N-ethyl adjacent to an activating group) is 1. The molecule has 0 atom stereocenters. The Morgan fingerprint density at radius 2 is 1.62 bits per heavy atom. The lowest BCUT2D eigenvalue weighted by atomic mass is 9.70. The Hall–Kier alpha value is -4.12. The van der Waals surface area contributed by atoms with Crippen molar-refractivity contribution >= 4 is 43.7 Å². The summed E-state index contributed by atoms with van der Waals surface area (Å²) >= 11 is 0. The molecule has 0 bridgehead atoms. The van der Waals surface area contributed by atoms with Gasteiger partial charge in [-0.05, 0) is 95.4 Å². The predicted octanol–water partition coefficient (Wildman–Crippen LogP) is 8.99. The summed E-state index contributed by atoms with van der Waals surface area (Å²) in [5.74, 6) is -0.0358. The molecule has 2 aromatic heterocycles. The molecule has 318 valence electrons. The van der Waals surface area contributed by atoms with Crippen molar-refractivity contribution < 1.29 is 46.3 Å². The zero-order chi connectivity index (χ0) is 43.3. The summed E-state index contributed by atoms with van der Waals surface area (Å²) in [4.78, 5) is 32.3. The van der Waals surface area contributed by atoms with E-state index in [2.05, 4.69) is 24.6 Å². The molecule has 3 heterocycles. The molecule has 0 spiro atoms. The van der Waals surface area contributed by atoms with Crippen molar-refractivity contribution in [2.75, 3.05) is 40.4 Å². The van der Waals surface area contributed by atoms with Crippen LogP contribution in [-0.4, -0.2) is 110 Å². The Balaban J connectivity index is 1.68. The van der Waals surface area contributed by atoms with Crippen molar-refractivity contribution in [1.29, 1.82) is 0 Å². The highest BCUT2D eigenvalue weighted by Gasteiger charge is 2.54. The second-order valence-corrected chi connectivity index (χ2v) is 23.6. The maximum absolute atomic E-state index is 14.5. The Bertz CT molecular complexity index is 1930. The lowest BCUT2D eigenvalue weighted by Gasteiger charge is -2.32. The number of aromatic nitrogens is 2. The Morgan fingerprint density at radius 1 is 0.966 bits per heavy atom. The molecule has 4 rings (SSSR count). The second kappa shape index (κ2) is 18.4. The normalized spacial score (nSPS) is 16.2. The number of fused-ring (bicyclic) bond motifs is 1. The quantitative estimate of drug-likeness (QED) is 0.0801. The molecular weight excluding hydrogens is 768 g/mol. The first-order valence-corrected chi connectivity index (χ1v) is 23.2. The van der Waals surface area contributed by atoms with Gasteiger partial charge in [-0.25, -0.2) is 9.78 Å². The van der Waals surface area contributed by atoms with Crippen LogP contribution in [0.3, 0.4) is 0 Å². The monoisotopic (exact) mass is 828 g/mol. The van der Waals surface area contributed by atoms with Crippen molar-refractivity contribution in [3.05, 3.63) is 77.5 Å². The lowest BCUT2D eigenvalue weighted by molar-refractivity contribution is -0.126. The fraction of sp³-hybridized carbons (Fsp3) is 0.548. The number of rotatable bonds is 16. The van der Waals surface area contributed by atoms with E-state index in [4.69, 9.17) is 23.5 Å². The number of ether oxygens (including phenoxy) is 3. The van der Waals surface area contributed by atoms with Crippen LogP contribution in [0.15, 0.2) is 66.4 Å². The van der Waals surface area contributed by atoms with Crippen LogP contribution in [-0.2, 0) is 30.3 Å². The highest BCUT2D eigenvalue weighted by atomic mass is 28.3. The molecule has 0 N–H and O–H groups in total. The van der Waals surface area contributed by atoms with Crippen LogP contribution >= 0.6 is 0 Å². The number of carbonyl (C=O) groups is 2. The first-order valence-electron chi connectivity index (χ1n) is 19.5. The van der Waals surface area contributed by atoms with Crippen LogP contribution in [0.4, 0.5) is 18.0 Å². The topological polar surface area (TPSA) is 105 Å². The van der Waals surface area contributed by atoms with Crippen LogP contribution in [0.5, 0.6) is 5.88 Å². The molecule has 1 aromatic carbocycles. The molecule has 16 heteroatoms. The van der Waals surface area contributed by atoms with Crippen LogP contribution in [0.1, 0.15) is 66.0 Å². The van der Waals surface area contributed by atoms with Gasteiger partial charge in [0.1, 0.15) is 18.9 Å². The smallest absolute Gasteiger partial charge is 0.476 e. The van der Waals surface area contributed by atoms with Gasteiger partial charge in [0, 0.05) is 70.8 Å². The predicted molar refractivity (Wildman–Crippen MR) is 224 cm³/mol. The Labute approximate surface area is 342 Å². The molecule has 2 amide bonds. The number of benzene rings is 1. The standard InChI is InChI=1S/C42H60BF3N4O7Si/c1-39(2,3)55-38(52)49(20-13-14-36(51)48(8)9)22-23-54-35-18-16-32(28-47-35)37(33(27-42(44,45)46)43-56-40(4,5)41(6,7)57-43)31-15-17-34-30(26-31)19-21-50(34)29-53-24-25-58(10,11)12/h13-19,21,26,28H,20,22-25,27,29H2,1-12H3/b14-13+,37-33-. The maximum Gasteiger partial charge on any atom is 0.491 e. The molecule has 0 unspecified atom stereocenters. The van der Waals surface area contributed by atoms with Gasteiger partial charge in [0.2, 0.25) is 11.8 Å². The third-order valence-corrected chi connectivity index (χ3v) is 11.6. The van der Waals surface area contributed by atoms with E-state index >= 15 is 0 Å². The summed E-state index contributed by atoms with van der Waals surface area (Å²) in [7, 11) is 0.696. The van der Waals surface area contributed by atoms with Crippen molar-refractivity contribution in [1.82, 2.24) is 19.4 Å². The zero-order valence-electron chi connectivity index (χ0n) is 36.1. The number of halogens is 3. The molecule has 58 heavy (non-hydrogen) atoms. The number of pyridine rings is 1. The highest BCUT2D eigenvalue weighted by Crippen LogP contribution is 2.44. The summed E-state index contributed by atoms with van der Waals surface area (Å²) < 4.78 is 75.5. The molecule has 0 aliphatic carbocycles. The Morgan fingerprint density at radius 3 is 2.19 bits per heavy atom. The van der Waals surface area contributed by atoms with E-state index in [9.17, 15) is 22.8 Å². The number of amides is 2. The minimum atomic E-state index is -4.59. The van der Waals surface area contributed by atoms with Crippen molar-refractivity contribution in [3.8, 4) is 5.88 Å². The average Bonchev–Trinajstić information content (AvgIpc) is 3.59. The fourth-order valence-electron chi connectivity index (χ4n) is 5.93. The molecule has 0 radical (unpaired) electrons. The SMILES string of the molecule is CN(C)C(=O)/C=C/CN(CCOc1ccc(/C(=C(/CC(F)(F)F)B2OC(C)(C)C(C)(C)O2)c2ccc3c(ccn3COCC[Si](C)(C)C)c2)cn1)C(=O)OC(C)(C)C. The summed E-state index contributed by atoms with van der Waals surface area (Å²) in [6, 6.07) is 11.7. The van der Waals surface area contributed by atoms with Crippen molar-refractivity contribution in [2.45, 2.75) is 110 Å². The second-order valence-electron chi connectivity index (χ2n) is 18.0. The molecule has 1 aliphatic rings. The van der Waals surface area contributed by atoms with Gasteiger partial charge in [0.15, 0.2) is 0 Å². The summed E-state index contributed by atoms with van der Waals surface area (Å²) in [5, 5.41) is 0.826. The molecule has 0 saturated carbocycles. The number of hydrogen-bond donors (Lipinski definition) is 0. The van der Waals surface area contributed by atoms with E-state index in [-0.39, 0.29) is 42.5 Å². The van der Waals surface area contributed by atoms with Gasteiger partial charge in [-0.2, -0.15) is 13.2 Å². The van der Waals surface area contributed by atoms with E-state index < -0.39 is 50.7 Å². The minimum Gasteiger partial charge on any atom is -0.476 e. The molecule has 11 nitrogen and oxygen atoms in total. The van der Waals surface area contributed by atoms with Gasteiger partial charge in [0.25, 0.3) is 0 Å². The molecule has 1 aliphatic heterocycles. The van der Waals surface area contributed by atoms with Crippen LogP contribution in [0, 0.1) is 0 Å². The molecule has 3 aromatic rings. The van der Waals surface area contributed by atoms with E-state index in [0.29, 0.717) is 24.5 Å². The number of nitrogens with zero attached hydrogens (tertiary/aromatic N) is 4. The number of allylic oxidation sites excluding steroid dienone is 1. The fourth-order valence-corrected chi connectivity index (χ4v) is 6.68. The molecule has 1 saturated heterocycles. The minimum absolute atomic E-state index is 0.0203. The van der Waals surface area contributed by atoms with E-state index in [1.807, 2.05) is 29.0 Å². The first-order chi connectivity index (χ1) is 26.8. The maximum atomic E-state index is 14.5. The Kier molecular flexibility index (Phi) is 14.8.